The van der Waals surface area contributed by atoms with Gasteiger partial charge in [-0.05, 0) is 12.1 Å². The molecule has 0 aromatic carbocycles. The summed E-state index contributed by atoms with van der Waals surface area (Å²) in [7, 11) is 1.55. The summed E-state index contributed by atoms with van der Waals surface area (Å²) in [6.45, 7) is 0.479. The predicted octanol–water partition coefficient (Wildman–Crippen LogP) is 1.87. The van der Waals surface area contributed by atoms with Crippen molar-refractivity contribution in [1.82, 2.24) is 9.88 Å². The number of nitrogens with zero attached hydrogens (tertiary/aromatic N) is 2. The molecule has 1 heterocycles. The number of amides is 1. The quantitative estimate of drug-likeness (QED) is 0.888. The second-order valence-corrected chi connectivity index (χ2v) is 3.58. The molecule has 0 saturated carbocycles. The fourth-order valence-electron chi connectivity index (χ4n) is 0.924. The Kier molecular flexibility index (Phi) is 7.05. The average Bonchev–Trinajstić information content (AvgIpc) is 2.36. The van der Waals surface area contributed by atoms with Crippen LogP contribution in [0.4, 0.5) is 18.0 Å². The van der Waals surface area contributed by atoms with Crippen LogP contribution in [-0.4, -0.2) is 51.9 Å². The van der Waals surface area contributed by atoms with Crippen LogP contribution in [0, 0.1) is 0 Å². The number of carboxylic acid groups (broad SMARTS) is 2. The summed E-state index contributed by atoms with van der Waals surface area (Å²) in [5.41, 5.74) is 0.913. The number of aliphatic carboxylic acids is 1. The molecule has 0 saturated heterocycles. The molecule has 1 rings (SSSR count). The monoisotopic (exact) mass is 294 g/mol. The van der Waals surface area contributed by atoms with Gasteiger partial charge in [0.25, 0.3) is 0 Å². The molecule has 9 heteroatoms. The van der Waals surface area contributed by atoms with E-state index in [9.17, 15) is 18.0 Å². The van der Waals surface area contributed by atoms with E-state index in [1.54, 1.807) is 13.2 Å². The zero-order valence-corrected chi connectivity index (χ0v) is 10.5. The van der Waals surface area contributed by atoms with Gasteiger partial charge in [0.05, 0.1) is 0 Å². The van der Waals surface area contributed by atoms with Gasteiger partial charge in [0.15, 0.2) is 0 Å². The Bertz CT molecular complexity index is 437. The Balaban J connectivity index is 0.000000441. The highest BCUT2D eigenvalue weighted by molar-refractivity contribution is 5.73. The smallest absolute Gasteiger partial charge is 0.475 e. The fourth-order valence-corrected chi connectivity index (χ4v) is 0.924. The van der Waals surface area contributed by atoms with Crippen LogP contribution >= 0.6 is 0 Å². The Labute approximate surface area is 112 Å². The first-order valence-electron chi connectivity index (χ1n) is 5.28. The Hall–Kier alpha value is -2.32. The first-order valence-corrected chi connectivity index (χ1v) is 5.28. The number of hydrogen-bond donors (Lipinski definition) is 2. The van der Waals surface area contributed by atoms with Crippen molar-refractivity contribution in [1.29, 1.82) is 0 Å². The molecule has 2 N–H and O–H groups in total. The third-order valence-corrected chi connectivity index (χ3v) is 2.00. The van der Waals surface area contributed by atoms with Crippen LogP contribution in [0.15, 0.2) is 24.4 Å². The normalized spacial score (nSPS) is 10.2. The minimum atomic E-state index is -5.08. The molecule has 0 radical (unpaired) electrons. The van der Waals surface area contributed by atoms with Crippen LogP contribution in [0.3, 0.4) is 0 Å². The van der Waals surface area contributed by atoms with Gasteiger partial charge in [0, 0.05) is 31.9 Å². The number of pyridine rings is 1. The van der Waals surface area contributed by atoms with Crippen LogP contribution < -0.4 is 0 Å². The lowest BCUT2D eigenvalue weighted by atomic mass is 10.2. The van der Waals surface area contributed by atoms with Gasteiger partial charge in [-0.1, -0.05) is 6.07 Å². The summed E-state index contributed by atoms with van der Waals surface area (Å²) >= 11 is 0. The molecule has 0 aliphatic carbocycles. The van der Waals surface area contributed by atoms with Crippen LogP contribution in [0.5, 0.6) is 0 Å². The second kappa shape index (κ2) is 7.97. The van der Waals surface area contributed by atoms with Crippen LogP contribution in [0.1, 0.15) is 5.69 Å². The summed E-state index contributed by atoms with van der Waals surface area (Å²) in [5.74, 6) is -2.76. The molecule has 1 aromatic heterocycles. The third-order valence-electron chi connectivity index (χ3n) is 2.00. The standard InChI is InChI=1S/C9H12N2O2.C2HF3O2/c1-11(9(12)13)7-5-8-4-2-3-6-10-8;3-2(4,5)1(6)7/h2-4,6H,5,7H2,1H3,(H,12,13);(H,6,7). The van der Waals surface area contributed by atoms with E-state index in [4.69, 9.17) is 15.0 Å². The minimum absolute atomic E-state index is 0.479. The number of hydrogen-bond acceptors (Lipinski definition) is 3. The maximum Gasteiger partial charge on any atom is 0.490 e. The van der Waals surface area contributed by atoms with E-state index in [2.05, 4.69) is 4.98 Å². The van der Waals surface area contributed by atoms with Crippen molar-refractivity contribution >= 4 is 12.1 Å². The highest BCUT2D eigenvalue weighted by atomic mass is 19.4. The number of alkyl halides is 3. The number of rotatable bonds is 3. The van der Waals surface area contributed by atoms with Crippen molar-refractivity contribution in [3.63, 3.8) is 0 Å². The molecule has 0 unspecified atom stereocenters. The maximum atomic E-state index is 10.6. The lowest BCUT2D eigenvalue weighted by Crippen LogP contribution is -2.27. The predicted molar refractivity (Wildman–Crippen MR) is 62.3 cm³/mol. The van der Waals surface area contributed by atoms with E-state index in [1.807, 2.05) is 18.2 Å². The number of carboxylic acids is 1. The van der Waals surface area contributed by atoms with E-state index in [0.717, 1.165) is 5.69 Å². The van der Waals surface area contributed by atoms with E-state index in [0.29, 0.717) is 13.0 Å². The summed E-state index contributed by atoms with van der Waals surface area (Å²) in [6, 6.07) is 5.61. The number of likely N-dealkylation sites (N-methyl/N-ethyl adjacent to an activating group) is 1. The van der Waals surface area contributed by atoms with Gasteiger partial charge in [0.2, 0.25) is 0 Å². The van der Waals surface area contributed by atoms with Gasteiger partial charge < -0.3 is 15.1 Å². The molecular formula is C11H13F3N2O4. The van der Waals surface area contributed by atoms with Crippen molar-refractivity contribution in [2.24, 2.45) is 0 Å². The zero-order valence-electron chi connectivity index (χ0n) is 10.5. The van der Waals surface area contributed by atoms with Crippen molar-refractivity contribution in [2.45, 2.75) is 12.6 Å². The van der Waals surface area contributed by atoms with Gasteiger partial charge in [-0.25, -0.2) is 9.59 Å². The molecule has 6 nitrogen and oxygen atoms in total. The first kappa shape index (κ1) is 17.7. The van der Waals surface area contributed by atoms with Crippen LogP contribution in [0.25, 0.3) is 0 Å². The molecule has 112 valence electrons. The fraction of sp³-hybridized carbons (Fsp3) is 0.364. The van der Waals surface area contributed by atoms with Gasteiger partial charge in [-0.2, -0.15) is 13.2 Å². The molecule has 0 fully saturated rings. The lowest BCUT2D eigenvalue weighted by Gasteiger charge is -2.11. The van der Waals surface area contributed by atoms with E-state index in [1.165, 1.54) is 4.90 Å². The molecular weight excluding hydrogens is 281 g/mol. The van der Waals surface area contributed by atoms with Gasteiger partial charge in [0.1, 0.15) is 0 Å². The third kappa shape index (κ3) is 7.90. The van der Waals surface area contributed by atoms with Crippen LogP contribution in [-0.2, 0) is 11.2 Å². The first-order chi connectivity index (χ1) is 9.14. The molecule has 0 aliphatic heterocycles. The van der Waals surface area contributed by atoms with Gasteiger partial charge >= 0.3 is 18.2 Å². The van der Waals surface area contributed by atoms with Crippen molar-refractivity contribution in [3.8, 4) is 0 Å². The van der Waals surface area contributed by atoms with E-state index in [-0.39, 0.29) is 0 Å². The van der Waals surface area contributed by atoms with Crippen molar-refractivity contribution in [3.05, 3.63) is 30.1 Å². The molecule has 0 aliphatic rings. The van der Waals surface area contributed by atoms with Crippen molar-refractivity contribution < 1.29 is 33.0 Å². The lowest BCUT2D eigenvalue weighted by molar-refractivity contribution is -0.192. The molecule has 1 aromatic rings. The molecule has 0 spiro atoms. The van der Waals surface area contributed by atoms with Gasteiger partial charge in [-0.3, -0.25) is 4.98 Å². The molecule has 1 amide bonds. The van der Waals surface area contributed by atoms with Crippen LogP contribution in [0.2, 0.25) is 0 Å². The van der Waals surface area contributed by atoms with E-state index >= 15 is 0 Å². The molecule has 0 atom stereocenters. The maximum absolute atomic E-state index is 10.6. The SMILES string of the molecule is CN(CCc1ccccn1)C(=O)O.O=C(O)C(F)(F)F. The number of carbonyl (C=O) groups is 2. The topological polar surface area (TPSA) is 90.7 Å². The summed E-state index contributed by atoms with van der Waals surface area (Å²) in [6.07, 6.45) is -3.63. The molecule has 0 bridgehead atoms. The summed E-state index contributed by atoms with van der Waals surface area (Å²) in [4.78, 5) is 24.7. The number of aromatic nitrogens is 1. The number of halogens is 3. The highest BCUT2D eigenvalue weighted by Gasteiger charge is 2.38. The Morgan fingerprint density at radius 2 is 1.85 bits per heavy atom. The van der Waals surface area contributed by atoms with E-state index < -0.39 is 18.2 Å². The Morgan fingerprint density at radius 3 is 2.20 bits per heavy atom. The highest BCUT2D eigenvalue weighted by Crippen LogP contribution is 2.13. The summed E-state index contributed by atoms with van der Waals surface area (Å²) in [5, 5.41) is 15.7. The Morgan fingerprint density at radius 1 is 1.30 bits per heavy atom. The minimum Gasteiger partial charge on any atom is -0.475 e. The molecule has 20 heavy (non-hydrogen) atoms. The largest absolute Gasteiger partial charge is 0.490 e. The second-order valence-electron chi connectivity index (χ2n) is 3.58. The van der Waals surface area contributed by atoms with Crippen molar-refractivity contribution in [2.75, 3.05) is 13.6 Å². The van der Waals surface area contributed by atoms with Gasteiger partial charge in [-0.15, -0.1) is 0 Å². The average molecular weight is 294 g/mol. The summed E-state index contributed by atoms with van der Waals surface area (Å²) < 4.78 is 31.7. The zero-order chi connectivity index (χ0) is 15.8.